The van der Waals surface area contributed by atoms with Gasteiger partial charge in [0, 0.05) is 5.56 Å². The molecule has 0 spiro atoms. The van der Waals surface area contributed by atoms with Crippen LogP contribution in [0.1, 0.15) is 5.69 Å². The molecular weight excluding hydrogens is 279 g/mol. The van der Waals surface area contributed by atoms with Crippen LogP contribution in [0.4, 0.5) is 0 Å². The van der Waals surface area contributed by atoms with Crippen molar-refractivity contribution in [2.75, 3.05) is 0 Å². The normalized spacial score (nSPS) is 10.0. The van der Waals surface area contributed by atoms with Gasteiger partial charge in [-0.25, -0.2) is 4.98 Å². The topological polar surface area (TPSA) is 36.7 Å². The second-order valence-electron chi connectivity index (χ2n) is 3.27. The van der Waals surface area contributed by atoms with Gasteiger partial charge in [-0.2, -0.15) is 5.26 Å². The van der Waals surface area contributed by atoms with Gasteiger partial charge in [0.2, 0.25) is 0 Å². The first-order valence-electron chi connectivity index (χ1n) is 4.64. The smallest absolute Gasteiger partial charge is 0.141 e. The number of aromatic nitrogens is 1. The van der Waals surface area contributed by atoms with Crippen molar-refractivity contribution in [3.05, 3.63) is 51.1 Å². The molecule has 1 aromatic heterocycles. The molecule has 0 aliphatic heterocycles. The zero-order valence-corrected chi connectivity index (χ0v) is 10.7. The molecule has 0 amide bonds. The van der Waals surface area contributed by atoms with Gasteiger partial charge >= 0.3 is 0 Å². The Morgan fingerprint density at radius 1 is 1.00 bits per heavy atom. The molecule has 0 saturated heterocycles. The van der Waals surface area contributed by atoms with Gasteiger partial charge in [0.15, 0.2) is 0 Å². The predicted molar refractivity (Wildman–Crippen MR) is 69.4 cm³/mol. The lowest BCUT2D eigenvalue weighted by Gasteiger charge is -2.06. The molecule has 0 saturated carbocycles. The summed E-state index contributed by atoms with van der Waals surface area (Å²) in [4.78, 5) is 4.15. The third-order valence-corrected chi connectivity index (χ3v) is 3.18. The Morgan fingerprint density at radius 3 is 2.41 bits per heavy atom. The summed E-state index contributed by atoms with van der Waals surface area (Å²) in [6.07, 6.45) is 0. The highest BCUT2D eigenvalue weighted by Gasteiger charge is 2.09. The van der Waals surface area contributed by atoms with E-state index in [1.807, 2.05) is 6.07 Å². The highest BCUT2D eigenvalue weighted by Crippen LogP contribution is 2.34. The number of nitriles is 1. The van der Waals surface area contributed by atoms with Crippen LogP contribution < -0.4 is 0 Å². The third-order valence-electron chi connectivity index (χ3n) is 2.15. The lowest BCUT2D eigenvalue weighted by molar-refractivity contribution is 1.27. The van der Waals surface area contributed by atoms with Crippen LogP contribution in [0.2, 0.25) is 15.1 Å². The number of hydrogen-bond acceptors (Lipinski definition) is 2. The average molecular weight is 284 g/mol. The molecule has 0 aliphatic carbocycles. The zero-order valence-electron chi connectivity index (χ0n) is 8.42. The van der Waals surface area contributed by atoms with Gasteiger partial charge in [-0.1, -0.05) is 40.9 Å². The second-order valence-corrected chi connectivity index (χ2v) is 4.49. The highest BCUT2D eigenvalue weighted by molar-refractivity contribution is 6.44. The predicted octanol–water partition coefficient (Wildman–Crippen LogP) is 4.58. The van der Waals surface area contributed by atoms with Crippen LogP contribution in [0.15, 0.2) is 30.3 Å². The molecule has 5 heteroatoms. The van der Waals surface area contributed by atoms with Crippen LogP contribution in [0, 0.1) is 11.3 Å². The maximum Gasteiger partial charge on any atom is 0.141 e. The van der Waals surface area contributed by atoms with Crippen molar-refractivity contribution in [2.45, 2.75) is 0 Å². The molecule has 0 N–H and O–H groups in total. The minimum absolute atomic E-state index is 0.324. The number of halogens is 3. The summed E-state index contributed by atoms with van der Waals surface area (Å²) in [6.45, 7) is 0. The maximum atomic E-state index is 8.78. The van der Waals surface area contributed by atoms with E-state index in [9.17, 15) is 0 Å². The molecule has 0 radical (unpaired) electrons. The molecule has 2 rings (SSSR count). The fourth-order valence-corrected chi connectivity index (χ4v) is 2.01. The van der Waals surface area contributed by atoms with E-state index in [-0.39, 0.29) is 0 Å². The van der Waals surface area contributed by atoms with Crippen molar-refractivity contribution in [1.82, 2.24) is 4.98 Å². The molecule has 2 aromatic rings. The summed E-state index contributed by atoms with van der Waals surface area (Å²) in [7, 11) is 0. The number of nitrogens with zero attached hydrogens (tertiary/aromatic N) is 2. The summed E-state index contributed by atoms with van der Waals surface area (Å²) in [5.41, 5.74) is 1.57. The molecule has 84 valence electrons. The van der Waals surface area contributed by atoms with Crippen molar-refractivity contribution >= 4 is 34.8 Å². The van der Waals surface area contributed by atoms with E-state index >= 15 is 0 Å². The van der Waals surface area contributed by atoms with Gasteiger partial charge < -0.3 is 0 Å². The van der Waals surface area contributed by atoms with Crippen LogP contribution in [0.3, 0.4) is 0 Å². The average Bonchev–Trinajstić information content (AvgIpc) is 2.34. The number of hydrogen-bond donors (Lipinski definition) is 0. The quantitative estimate of drug-likeness (QED) is 0.718. The van der Waals surface area contributed by atoms with Crippen molar-refractivity contribution < 1.29 is 0 Å². The Labute approximate surface area is 113 Å². The first-order chi connectivity index (χ1) is 8.11. The van der Waals surface area contributed by atoms with Crippen molar-refractivity contribution in [2.24, 2.45) is 0 Å². The lowest BCUT2D eigenvalue weighted by Crippen LogP contribution is -1.88. The van der Waals surface area contributed by atoms with Crippen LogP contribution >= 0.6 is 34.8 Å². The highest BCUT2D eigenvalue weighted by atomic mass is 35.5. The first-order valence-corrected chi connectivity index (χ1v) is 5.77. The molecule has 0 atom stereocenters. The van der Waals surface area contributed by atoms with E-state index in [0.29, 0.717) is 32.0 Å². The largest absolute Gasteiger partial charge is 0.237 e. The first kappa shape index (κ1) is 12.2. The summed E-state index contributed by atoms with van der Waals surface area (Å²) in [6, 6.07) is 10.3. The van der Waals surface area contributed by atoms with Gasteiger partial charge in [0.25, 0.3) is 0 Å². The Morgan fingerprint density at radius 2 is 1.71 bits per heavy atom. The standard InChI is InChI=1S/C12H5Cl3N2/c13-9-5-11(15)10(14)4-8(9)12-3-1-2-7(6-16)17-12/h1-5H. The summed E-state index contributed by atoms with van der Waals surface area (Å²) in [5.74, 6) is 0. The van der Waals surface area contributed by atoms with E-state index < -0.39 is 0 Å². The Kier molecular flexibility index (Phi) is 3.54. The summed E-state index contributed by atoms with van der Waals surface area (Å²) < 4.78 is 0. The molecular formula is C12H5Cl3N2. The Balaban J connectivity index is 2.61. The second kappa shape index (κ2) is 4.93. The molecule has 17 heavy (non-hydrogen) atoms. The van der Waals surface area contributed by atoms with Crippen LogP contribution in [0.25, 0.3) is 11.3 Å². The molecule has 0 unspecified atom stereocenters. The lowest BCUT2D eigenvalue weighted by atomic mass is 10.1. The number of rotatable bonds is 1. The van der Waals surface area contributed by atoms with Crippen LogP contribution in [-0.4, -0.2) is 4.98 Å². The van der Waals surface area contributed by atoms with E-state index in [1.54, 1.807) is 30.3 Å². The summed E-state index contributed by atoms with van der Waals surface area (Å²) in [5, 5.41) is 10.0. The van der Waals surface area contributed by atoms with E-state index in [0.717, 1.165) is 0 Å². The minimum atomic E-state index is 0.324. The number of pyridine rings is 1. The van der Waals surface area contributed by atoms with Crippen molar-refractivity contribution in [3.8, 4) is 17.3 Å². The molecule has 1 heterocycles. The Hall–Kier alpha value is -1.27. The fourth-order valence-electron chi connectivity index (χ4n) is 1.37. The van der Waals surface area contributed by atoms with Gasteiger partial charge in [0.1, 0.15) is 11.8 Å². The minimum Gasteiger partial charge on any atom is -0.237 e. The van der Waals surface area contributed by atoms with Crippen molar-refractivity contribution in [3.63, 3.8) is 0 Å². The molecule has 0 aliphatic rings. The number of benzene rings is 1. The van der Waals surface area contributed by atoms with Crippen molar-refractivity contribution in [1.29, 1.82) is 5.26 Å². The van der Waals surface area contributed by atoms with Gasteiger partial charge in [-0.3, -0.25) is 0 Å². The molecule has 0 fully saturated rings. The monoisotopic (exact) mass is 282 g/mol. The summed E-state index contributed by atoms with van der Waals surface area (Å²) >= 11 is 17.8. The third kappa shape index (κ3) is 2.53. The van der Waals surface area contributed by atoms with E-state index in [2.05, 4.69) is 4.98 Å². The maximum absolute atomic E-state index is 8.78. The van der Waals surface area contributed by atoms with Gasteiger partial charge in [0.05, 0.1) is 20.8 Å². The molecule has 0 bridgehead atoms. The molecule has 2 nitrogen and oxygen atoms in total. The Bertz CT molecular complexity index is 618. The van der Waals surface area contributed by atoms with Gasteiger partial charge in [-0.05, 0) is 24.3 Å². The van der Waals surface area contributed by atoms with Crippen LogP contribution in [0.5, 0.6) is 0 Å². The van der Waals surface area contributed by atoms with E-state index in [4.69, 9.17) is 40.1 Å². The SMILES string of the molecule is N#Cc1cccc(-c2cc(Cl)c(Cl)cc2Cl)n1. The zero-order chi connectivity index (χ0) is 12.4. The van der Waals surface area contributed by atoms with Crippen LogP contribution in [-0.2, 0) is 0 Å². The fraction of sp³-hybridized carbons (Fsp3) is 0. The van der Waals surface area contributed by atoms with E-state index in [1.165, 1.54) is 0 Å². The van der Waals surface area contributed by atoms with Gasteiger partial charge in [-0.15, -0.1) is 0 Å². The molecule has 1 aromatic carbocycles.